The molecule has 0 bridgehead atoms. The van der Waals surface area contributed by atoms with Crippen molar-refractivity contribution < 1.29 is 39.3 Å². The number of carboxylic acids is 2. The number of aliphatic carboxylic acids is 2. The molecule has 15 nitrogen and oxygen atoms in total. The molecule has 1 aromatic carbocycles. The van der Waals surface area contributed by atoms with E-state index in [2.05, 4.69) is 30.9 Å². The Morgan fingerprint density at radius 2 is 1.59 bits per heavy atom. The number of nitrogens with zero attached hydrogens (tertiary/aromatic N) is 1. The topological polar surface area (TPSA) is 253 Å². The smallest absolute Gasteiger partial charge is 0.326 e. The van der Waals surface area contributed by atoms with E-state index in [1.807, 2.05) is 12.1 Å². The van der Waals surface area contributed by atoms with E-state index in [0.29, 0.717) is 11.3 Å². The van der Waals surface area contributed by atoms with Gasteiger partial charge in [0.1, 0.15) is 24.2 Å². The van der Waals surface area contributed by atoms with Gasteiger partial charge in [0.15, 0.2) is 0 Å². The third-order valence-corrected chi connectivity index (χ3v) is 6.43. The molecule has 10 N–H and O–H groups in total. The summed E-state index contributed by atoms with van der Waals surface area (Å²) in [6.45, 7) is 1.30. The van der Waals surface area contributed by atoms with E-state index < -0.39 is 66.4 Å². The highest BCUT2D eigenvalue weighted by molar-refractivity contribution is 5.94. The fourth-order valence-electron chi connectivity index (χ4n) is 4.11. The quantitative estimate of drug-likeness (QED) is 0.105. The Hall–Kier alpha value is -4.76. The van der Waals surface area contributed by atoms with Crippen molar-refractivity contribution in [1.82, 2.24) is 30.9 Å². The van der Waals surface area contributed by atoms with Gasteiger partial charge in [-0.25, -0.2) is 9.78 Å². The van der Waals surface area contributed by atoms with Gasteiger partial charge >= 0.3 is 11.9 Å². The SMILES string of the molecule is CC(O)C(N)C(=O)NC(Cc1cnc[nH]1)C(=O)NC(CCC(=O)O)C(=O)NC(Cc1c[nH]c2ccccc12)C(=O)O. The molecule has 3 rings (SSSR count). The first kappa shape index (κ1) is 30.8. The van der Waals surface area contributed by atoms with E-state index in [-0.39, 0.29) is 19.3 Å². The molecule has 0 saturated carbocycles. The first-order valence-corrected chi connectivity index (χ1v) is 12.8. The summed E-state index contributed by atoms with van der Waals surface area (Å²) in [6.07, 6.45) is 2.14. The van der Waals surface area contributed by atoms with E-state index in [4.69, 9.17) is 5.73 Å². The predicted molar refractivity (Wildman–Crippen MR) is 144 cm³/mol. The number of aromatic nitrogens is 3. The molecule has 0 spiro atoms. The van der Waals surface area contributed by atoms with Crippen LogP contribution in [0.1, 0.15) is 31.0 Å². The van der Waals surface area contributed by atoms with Gasteiger partial charge in [-0.1, -0.05) is 18.2 Å². The van der Waals surface area contributed by atoms with Crippen LogP contribution in [0, 0.1) is 0 Å². The zero-order chi connectivity index (χ0) is 30.1. The van der Waals surface area contributed by atoms with Crippen LogP contribution in [0.15, 0.2) is 43.0 Å². The van der Waals surface area contributed by atoms with Crippen molar-refractivity contribution in [2.45, 2.75) is 62.9 Å². The van der Waals surface area contributed by atoms with Gasteiger partial charge in [0.25, 0.3) is 0 Å². The van der Waals surface area contributed by atoms with Gasteiger partial charge in [0, 0.05) is 48.3 Å². The highest BCUT2D eigenvalue weighted by Crippen LogP contribution is 2.19. The van der Waals surface area contributed by atoms with Gasteiger partial charge in [0.05, 0.1) is 12.4 Å². The summed E-state index contributed by atoms with van der Waals surface area (Å²) >= 11 is 0. The summed E-state index contributed by atoms with van der Waals surface area (Å²) in [6, 6.07) is 1.73. The molecule has 0 aliphatic rings. The van der Waals surface area contributed by atoms with E-state index in [0.717, 1.165) is 10.9 Å². The summed E-state index contributed by atoms with van der Waals surface area (Å²) in [5, 5.41) is 36.7. The fraction of sp³-hybridized carbons (Fsp3) is 0.385. The summed E-state index contributed by atoms with van der Waals surface area (Å²) in [5.41, 5.74) is 7.55. The number of carboxylic acid groups (broad SMARTS) is 2. The second kappa shape index (κ2) is 14.0. The highest BCUT2D eigenvalue weighted by Gasteiger charge is 2.32. The van der Waals surface area contributed by atoms with Crippen molar-refractivity contribution in [1.29, 1.82) is 0 Å². The second-order valence-electron chi connectivity index (χ2n) is 9.57. The Morgan fingerprint density at radius 3 is 2.22 bits per heavy atom. The molecular formula is C26H33N7O8. The Labute approximate surface area is 233 Å². The normalized spacial score (nSPS) is 14.8. The van der Waals surface area contributed by atoms with Crippen LogP contribution in [0.3, 0.4) is 0 Å². The second-order valence-corrected chi connectivity index (χ2v) is 9.57. The fourth-order valence-corrected chi connectivity index (χ4v) is 4.11. The van der Waals surface area contributed by atoms with Crippen LogP contribution >= 0.6 is 0 Å². The van der Waals surface area contributed by atoms with Gasteiger partial charge < -0.3 is 47.0 Å². The summed E-state index contributed by atoms with van der Waals surface area (Å²) in [5.74, 6) is -5.19. The van der Waals surface area contributed by atoms with E-state index in [1.54, 1.807) is 18.3 Å². The number of imidazole rings is 1. The molecule has 5 atom stereocenters. The minimum Gasteiger partial charge on any atom is -0.481 e. The number of fused-ring (bicyclic) bond motifs is 1. The number of hydrogen-bond acceptors (Lipinski definition) is 8. The maximum atomic E-state index is 13.3. The van der Waals surface area contributed by atoms with Crippen molar-refractivity contribution in [2.24, 2.45) is 5.73 Å². The lowest BCUT2D eigenvalue weighted by atomic mass is 10.0. The molecule has 3 aromatic rings. The minimum atomic E-state index is -1.45. The van der Waals surface area contributed by atoms with Crippen LogP contribution in [0.4, 0.5) is 0 Å². The lowest BCUT2D eigenvalue weighted by Crippen LogP contribution is -2.58. The number of H-pyrrole nitrogens is 2. The number of aliphatic hydroxyl groups excluding tert-OH is 1. The van der Waals surface area contributed by atoms with Crippen LogP contribution in [-0.2, 0) is 36.8 Å². The predicted octanol–water partition coefficient (Wildman–Crippen LogP) is -1.21. The molecule has 2 heterocycles. The number of rotatable bonds is 15. The largest absolute Gasteiger partial charge is 0.481 e. The Bertz CT molecular complexity index is 1370. The molecule has 0 saturated heterocycles. The lowest BCUT2D eigenvalue weighted by Gasteiger charge is -2.25. The number of hydrogen-bond donors (Lipinski definition) is 9. The molecule has 15 heteroatoms. The number of aromatic amines is 2. The number of carbonyl (C=O) groups excluding carboxylic acids is 3. The number of aliphatic hydroxyl groups is 1. The van der Waals surface area contributed by atoms with Crippen molar-refractivity contribution in [3.63, 3.8) is 0 Å². The van der Waals surface area contributed by atoms with Gasteiger partial charge in [-0.3, -0.25) is 19.2 Å². The maximum Gasteiger partial charge on any atom is 0.326 e. The average molecular weight is 572 g/mol. The summed E-state index contributed by atoms with van der Waals surface area (Å²) in [4.78, 5) is 72.0. The average Bonchev–Trinajstić information content (AvgIpc) is 3.59. The zero-order valence-electron chi connectivity index (χ0n) is 22.2. The van der Waals surface area contributed by atoms with Crippen LogP contribution < -0.4 is 21.7 Å². The Morgan fingerprint density at radius 1 is 0.927 bits per heavy atom. The number of amides is 3. The van der Waals surface area contributed by atoms with E-state index in [1.165, 1.54) is 19.4 Å². The molecule has 0 fully saturated rings. The lowest BCUT2D eigenvalue weighted by molar-refractivity contribution is -0.143. The first-order valence-electron chi connectivity index (χ1n) is 12.8. The van der Waals surface area contributed by atoms with Gasteiger partial charge in [0.2, 0.25) is 17.7 Å². The molecule has 0 aliphatic carbocycles. The van der Waals surface area contributed by atoms with Crippen LogP contribution in [0.5, 0.6) is 0 Å². The zero-order valence-corrected chi connectivity index (χ0v) is 22.2. The van der Waals surface area contributed by atoms with Crippen LogP contribution in [-0.4, -0.2) is 90.2 Å². The molecule has 3 amide bonds. The number of carbonyl (C=O) groups is 5. The third-order valence-electron chi connectivity index (χ3n) is 6.43. The van der Waals surface area contributed by atoms with Crippen molar-refractivity contribution in [3.05, 3.63) is 54.2 Å². The monoisotopic (exact) mass is 571 g/mol. The van der Waals surface area contributed by atoms with Gasteiger partial charge in [-0.15, -0.1) is 0 Å². The van der Waals surface area contributed by atoms with Crippen LogP contribution in [0.2, 0.25) is 0 Å². The molecule has 0 radical (unpaired) electrons. The standard InChI is InChI=1S/C26H33N7O8/c1-13(34)22(27)25(39)32-19(9-15-11-28-12-30-15)24(38)31-18(6-7-21(35)36)23(37)33-20(26(40)41)8-14-10-29-17-5-3-2-4-16(14)17/h2-5,10-13,18-20,22,29,34H,6-9,27H2,1H3,(H,28,30)(H,31,38)(H,32,39)(H,33,37)(H,35,36)(H,40,41). The molecule has 5 unspecified atom stereocenters. The number of benzene rings is 1. The Kier molecular flexibility index (Phi) is 10.5. The van der Waals surface area contributed by atoms with Crippen LogP contribution in [0.25, 0.3) is 10.9 Å². The van der Waals surface area contributed by atoms with Gasteiger partial charge in [-0.05, 0) is 25.0 Å². The molecular weight excluding hydrogens is 538 g/mol. The molecule has 41 heavy (non-hydrogen) atoms. The molecule has 220 valence electrons. The molecule has 2 aromatic heterocycles. The van der Waals surface area contributed by atoms with Gasteiger partial charge in [-0.2, -0.15) is 0 Å². The van der Waals surface area contributed by atoms with Crippen molar-refractivity contribution in [2.75, 3.05) is 0 Å². The number of para-hydroxylation sites is 1. The highest BCUT2D eigenvalue weighted by atomic mass is 16.4. The third kappa shape index (κ3) is 8.61. The first-order chi connectivity index (χ1) is 19.5. The Balaban J connectivity index is 1.78. The van der Waals surface area contributed by atoms with Crippen molar-refractivity contribution >= 4 is 40.6 Å². The number of nitrogens with one attached hydrogen (secondary N) is 5. The minimum absolute atomic E-state index is 0.0829. The maximum absolute atomic E-state index is 13.3. The van der Waals surface area contributed by atoms with E-state index >= 15 is 0 Å². The summed E-state index contributed by atoms with van der Waals surface area (Å²) < 4.78 is 0. The van der Waals surface area contributed by atoms with E-state index in [9.17, 15) is 39.3 Å². The number of nitrogens with two attached hydrogens (primary N) is 1. The summed E-state index contributed by atoms with van der Waals surface area (Å²) in [7, 11) is 0. The molecule has 0 aliphatic heterocycles. The van der Waals surface area contributed by atoms with Crippen molar-refractivity contribution in [3.8, 4) is 0 Å².